The van der Waals surface area contributed by atoms with Gasteiger partial charge in [-0.25, -0.2) is 4.68 Å². The predicted molar refractivity (Wildman–Crippen MR) is 151 cm³/mol. The highest BCUT2D eigenvalue weighted by atomic mass is 79.9. The van der Waals surface area contributed by atoms with Crippen molar-refractivity contribution in [1.29, 1.82) is 0 Å². The molecule has 0 bridgehead atoms. The first-order valence-corrected chi connectivity index (χ1v) is 14.1. The average molecular weight is 585 g/mol. The molecule has 2 heterocycles. The molecule has 1 aliphatic carbocycles. The lowest BCUT2D eigenvalue weighted by Crippen LogP contribution is -2.15. The number of carbonyl (C=O) groups is 1. The van der Waals surface area contributed by atoms with Crippen LogP contribution in [-0.4, -0.2) is 39.6 Å². The number of benzene rings is 1. The van der Waals surface area contributed by atoms with E-state index in [4.69, 9.17) is 14.5 Å². The van der Waals surface area contributed by atoms with Crippen molar-refractivity contribution >= 4 is 21.9 Å². The van der Waals surface area contributed by atoms with Gasteiger partial charge in [-0.15, -0.1) is 0 Å². The van der Waals surface area contributed by atoms with Gasteiger partial charge in [-0.1, -0.05) is 32.9 Å². The Morgan fingerprint density at radius 3 is 2.63 bits per heavy atom. The van der Waals surface area contributed by atoms with Gasteiger partial charge >= 0.3 is 5.97 Å². The van der Waals surface area contributed by atoms with Gasteiger partial charge in [0.1, 0.15) is 5.75 Å². The average Bonchev–Trinajstić information content (AvgIpc) is 3.20. The smallest absolute Gasteiger partial charge is 0.303 e. The molecule has 7 nitrogen and oxygen atoms in total. The standard InChI is InChI=1S/C30H38BrN3O4/c1-30(2,3)21-16-24(29(37-5)25(31)17-21)20(15-28(35)36)14-23-18-27(34(4)33-23)38-13-12-22-11-10-19-8-6-7-9-26(19)32-22/h10-11,16-18,20H,6-9,12-15H2,1-5H3,(H,35,36). The monoisotopic (exact) mass is 583 g/mol. The molecular weight excluding hydrogens is 546 g/mol. The molecule has 1 N–H and O–H groups in total. The van der Waals surface area contributed by atoms with Crippen LogP contribution in [0.1, 0.15) is 79.7 Å². The summed E-state index contributed by atoms with van der Waals surface area (Å²) in [5.41, 5.74) is 6.31. The highest BCUT2D eigenvalue weighted by Gasteiger charge is 2.26. The van der Waals surface area contributed by atoms with Crippen molar-refractivity contribution in [2.75, 3.05) is 13.7 Å². The fourth-order valence-corrected chi connectivity index (χ4v) is 5.73. The summed E-state index contributed by atoms with van der Waals surface area (Å²) in [5.74, 6) is 0.139. The molecule has 0 saturated heterocycles. The van der Waals surface area contributed by atoms with Crippen molar-refractivity contribution in [3.05, 3.63) is 68.6 Å². The molecule has 0 amide bonds. The molecule has 4 rings (SSSR count). The van der Waals surface area contributed by atoms with E-state index in [1.807, 2.05) is 19.2 Å². The quantitative estimate of drug-likeness (QED) is 0.306. The topological polar surface area (TPSA) is 86.5 Å². The fourth-order valence-electron chi connectivity index (χ4n) is 5.09. The zero-order valence-electron chi connectivity index (χ0n) is 23.0. The Bertz CT molecular complexity index is 1300. The van der Waals surface area contributed by atoms with Crippen molar-refractivity contribution in [2.24, 2.45) is 7.05 Å². The van der Waals surface area contributed by atoms with Crippen molar-refractivity contribution in [3.63, 3.8) is 0 Å². The largest absolute Gasteiger partial charge is 0.495 e. The number of fused-ring (bicyclic) bond motifs is 1. The van der Waals surface area contributed by atoms with E-state index < -0.39 is 5.97 Å². The van der Waals surface area contributed by atoms with Crippen molar-refractivity contribution in [2.45, 2.75) is 77.0 Å². The third kappa shape index (κ3) is 6.76. The maximum Gasteiger partial charge on any atom is 0.303 e. The molecule has 1 aliphatic rings. The summed E-state index contributed by atoms with van der Waals surface area (Å²) in [6, 6.07) is 10.3. The van der Waals surface area contributed by atoms with Crippen LogP contribution in [0.25, 0.3) is 0 Å². The van der Waals surface area contributed by atoms with Gasteiger partial charge in [0.15, 0.2) is 0 Å². The van der Waals surface area contributed by atoms with E-state index in [9.17, 15) is 9.90 Å². The van der Waals surface area contributed by atoms with Gasteiger partial charge in [0.25, 0.3) is 0 Å². The van der Waals surface area contributed by atoms with E-state index >= 15 is 0 Å². The second kappa shape index (κ2) is 11.9. The summed E-state index contributed by atoms with van der Waals surface area (Å²) in [4.78, 5) is 16.7. The Morgan fingerprint density at radius 2 is 1.92 bits per heavy atom. The Labute approximate surface area is 233 Å². The summed E-state index contributed by atoms with van der Waals surface area (Å²) in [6.45, 7) is 6.91. The number of halogens is 1. The van der Waals surface area contributed by atoms with Crippen LogP contribution >= 0.6 is 15.9 Å². The molecule has 8 heteroatoms. The highest BCUT2D eigenvalue weighted by Crippen LogP contribution is 2.41. The molecule has 0 spiro atoms. The van der Waals surface area contributed by atoms with E-state index in [1.165, 1.54) is 24.1 Å². The summed E-state index contributed by atoms with van der Waals surface area (Å²) < 4.78 is 14.3. The van der Waals surface area contributed by atoms with Crippen LogP contribution in [0.2, 0.25) is 0 Å². The third-order valence-corrected chi connectivity index (χ3v) is 7.78. The van der Waals surface area contributed by atoms with E-state index in [0.717, 1.165) is 46.2 Å². The van der Waals surface area contributed by atoms with Crippen molar-refractivity contribution < 1.29 is 19.4 Å². The van der Waals surface area contributed by atoms with Crippen LogP contribution < -0.4 is 9.47 Å². The first-order valence-electron chi connectivity index (χ1n) is 13.3. The van der Waals surface area contributed by atoms with Crippen LogP contribution in [0.4, 0.5) is 0 Å². The molecule has 1 atom stereocenters. The maximum absolute atomic E-state index is 11.9. The van der Waals surface area contributed by atoms with Gasteiger partial charge in [-0.3, -0.25) is 9.78 Å². The van der Waals surface area contributed by atoms with Crippen LogP contribution in [0.3, 0.4) is 0 Å². The fraction of sp³-hybridized carbons (Fsp3) is 0.500. The number of ether oxygens (including phenoxy) is 2. The number of methoxy groups -OCH3 is 1. The molecule has 2 aromatic heterocycles. The minimum atomic E-state index is -0.862. The Morgan fingerprint density at radius 1 is 1.16 bits per heavy atom. The summed E-state index contributed by atoms with van der Waals surface area (Å²) in [6.07, 6.45) is 5.79. The second-order valence-corrected chi connectivity index (χ2v) is 12.0. The first kappa shape index (κ1) is 28.1. The SMILES string of the molecule is COc1c(Br)cc(C(C)(C)C)cc1C(CC(=O)O)Cc1cc(OCCc2ccc3c(n2)CCCC3)n(C)n1. The minimum Gasteiger partial charge on any atom is -0.495 e. The molecule has 1 aromatic carbocycles. The molecule has 0 radical (unpaired) electrons. The van der Waals surface area contributed by atoms with Gasteiger partial charge in [0.05, 0.1) is 30.3 Å². The van der Waals surface area contributed by atoms with E-state index in [0.29, 0.717) is 24.7 Å². The lowest BCUT2D eigenvalue weighted by Gasteiger charge is -2.25. The molecule has 0 saturated carbocycles. The van der Waals surface area contributed by atoms with Gasteiger partial charge in [0.2, 0.25) is 5.88 Å². The number of rotatable bonds is 10. The lowest BCUT2D eigenvalue weighted by atomic mass is 9.82. The van der Waals surface area contributed by atoms with Crippen LogP contribution in [0.5, 0.6) is 11.6 Å². The van der Waals surface area contributed by atoms with Gasteiger partial charge in [0, 0.05) is 36.8 Å². The number of carboxylic acid groups (broad SMARTS) is 1. The summed E-state index contributed by atoms with van der Waals surface area (Å²) in [5, 5.41) is 14.4. The predicted octanol–water partition coefficient (Wildman–Crippen LogP) is 6.19. The van der Waals surface area contributed by atoms with Gasteiger partial charge in [-0.2, -0.15) is 5.10 Å². The molecule has 3 aromatic rings. The maximum atomic E-state index is 11.9. The minimum absolute atomic E-state index is 0.0346. The van der Waals surface area contributed by atoms with Crippen LogP contribution in [0.15, 0.2) is 34.8 Å². The number of hydrogen-bond acceptors (Lipinski definition) is 5. The Kier molecular flexibility index (Phi) is 8.81. The molecular formula is C30H38BrN3O4. The van der Waals surface area contributed by atoms with E-state index in [1.54, 1.807) is 11.8 Å². The Balaban J connectivity index is 1.50. The van der Waals surface area contributed by atoms with Gasteiger partial charge < -0.3 is 14.6 Å². The third-order valence-electron chi connectivity index (χ3n) is 7.19. The molecule has 38 heavy (non-hydrogen) atoms. The zero-order valence-corrected chi connectivity index (χ0v) is 24.6. The molecule has 204 valence electrons. The lowest BCUT2D eigenvalue weighted by molar-refractivity contribution is -0.137. The van der Waals surface area contributed by atoms with Gasteiger partial charge in [-0.05, 0) is 82.3 Å². The number of aryl methyl sites for hydroxylation is 3. The number of aromatic nitrogens is 3. The molecule has 1 unspecified atom stereocenters. The normalized spacial score (nSPS) is 14.2. The van der Waals surface area contributed by atoms with Crippen LogP contribution in [0, 0.1) is 0 Å². The zero-order chi connectivity index (χ0) is 27.4. The van der Waals surface area contributed by atoms with E-state index in [-0.39, 0.29) is 17.8 Å². The number of nitrogens with zero attached hydrogens (tertiary/aromatic N) is 3. The highest BCUT2D eigenvalue weighted by molar-refractivity contribution is 9.10. The van der Waals surface area contributed by atoms with E-state index in [2.05, 4.69) is 60.0 Å². The van der Waals surface area contributed by atoms with Crippen LogP contribution in [-0.2, 0) is 42.9 Å². The number of carboxylic acids is 1. The second-order valence-electron chi connectivity index (χ2n) is 11.1. The van der Waals surface area contributed by atoms with Crippen molar-refractivity contribution in [1.82, 2.24) is 14.8 Å². The first-order chi connectivity index (χ1) is 18.0. The number of aliphatic carboxylic acids is 1. The Hall–Kier alpha value is -2.87. The number of hydrogen-bond donors (Lipinski definition) is 1. The number of pyridine rings is 1. The molecule has 0 fully saturated rings. The van der Waals surface area contributed by atoms with Crippen molar-refractivity contribution in [3.8, 4) is 11.6 Å². The summed E-state index contributed by atoms with van der Waals surface area (Å²) >= 11 is 3.64. The molecule has 0 aliphatic heterocycles. The summed E-state index contributed by atoms with van der Waals surface area (Å²) in [7, 11) is 3.46.